The third-order valence-corrected chi connectivity index (χ3v) is 2.84. The number of hydrogen-bond acceptors (Lipinski definition) is 2. The van der Waals surface area contributed by atoms with Crippen LogP contribution in [0.25, 0.3) is 0 Å². The molecule has 5 heteroatoms. The number of nitrogens with one attached hydrogen (secondary N) is 1. The van der Waals surface area contributed by atoms with Gasteiger partial charge in [0.25, 0.3) is 0 Å². The van der Waals surface area contributed by atoms with Crippen LogP contribution >= 0.6 is 0 Å². The van der Waals surface area contributed by atoms with Crippen molar-refractivity contribution in [2.75, 3.05) is 11.9 Å². The van der Waals surface area contributed by atoms with Gasteiger partial charge in [0.2, 0.25) is 0 Å². The van der Waals surface area contributed by atoms with Crippen molar-refractivity contribution in [1.29, 1.82) is 5.41 Å². The smallest absolute Gasteiger partial charge is 0.136 e. The topological polar surface area (TPSA) is 53.1 Å². The lowest BCUT2D eigenvalue weighted by Crippen LogP contribution is -2.20. The van der Waals surface area contributed by atoms with Crippen LogP contribution in [0.4, 0.5) is 20.2 Å². The van der Waals surface area contributed by atoms with E-state index < -0.39 is 5.82 Å². The van der Waals surface area contributed by atoms with Crippen molar-refractivity contribution in [2.45, 2.75) is 0 Å². The zero-order valence-electron chi connectivity index (χ0n) is 10.3. The second kappa shape index (κ2) is 5.06. The lowest BCUT2D eigenvalue weighted by atomic mass is 10.1. The minimum Gasteiger partial charge on any atom is -0.384 e. The Morgan fingerprint density at radius 2 is 1.74 bits per heavy atom. The van der Waals surface area contributed by atoms with E-state index in [1.165, 1.54) is 24.3 Å². The fourth-order valence-corrected chi connectivity index (χ4v) is 1.86. The van der Waals surface area contributed by atoms with Crippen molar-refractivity contribution >= 4 is 17.2 Å². The molecular formula is C14H13F2N3. The zero-order valence-corrected chi connectivity index (χ0v) is 10.3. The molecule has 0 spiro atoms. The summed E-state index contributed by atoms with van der Waals surface area (Å²) in [5.74, 6) is -1.25. The van der Waals surface area contributed by atoms with Crippen LogP contribution in [0.2, 0.25) is 0 Å². The maximum atomic E-state index is 13.7. The molecule has 0 radical (unpaired) electrons. The summed E-state index contributed by atoms with van der Waals surface area (Å²) in [6.07, 6.45) is 0. The quantitative estimate of drug-likeness (QED) is 0.659. The Kier molecular flexibility index (Phi) is 3.46. The fourth-order valence-electron chi connectivity index (χ4n) is 1.86. The van der Waals surface area contributed by atoms with Gasteiger partial charge in [-0.25, -0.2) is 8.78 Å². The molecule has 0 fully saturated rings. The van der Waals surface area contributed by atoms with Crippen LogP contribution in [0, 0.1) is 17.0 Å². The first-order valence-corrected chi connectivity index (χ1v) is 5.63. The monoisotopic (exact) mass is 261 g/mol. The van der Waals surface area contributed by atoms with Gasteiger partial charge in [0, 0.05) is 12.7 Å². The molecule has 0 bridgehead atoms. The first kappa shape index (κ1) is 13.0. The van der Waals surface area contributed by atoms with Crippen LogP contribution in [-0.4, -0.2) is 12.9 Å². The molecule has 2 aromatic carbocycles. The van der Waals surface area contributed by atoms with Gasteiger partial charge in [-0.3, -0.25) is 5.41 Å². The highest BCUT2D eigenvalue weighted by molar-refractivity contribution is 6.01. The molecule has 0 amide bonds. The Morgan fingerprint density at radius 1 is 1.11 bits per heavy atom. The Hall–Kier alpha value is -2.43. The van der Waals surface area contributed by atoms with Gasteiger partial charge in [-0.05, 0) is 36.4 Å². The standard InChI is InChI=1S/C14H13F2N3/c1-19(10-7-5-9(15)6-8-10)12-4-2-3-11(16)13(12)14(17)18/h2-8H,1H3,(H3,17,18). The second-order valence-electron chi connectivity index (χ2n) is 4.08. The molecule has 0 aliphatic rings. The van der Waals surface area contributed by atoms with E-state index in [0.717, 1.165) is 0 Å². The first-order valence-electron chi connectivity index (χ1n) is 5.63. The van der Waals surface area contributed by atoms with Gasteiger partial charge >= 0.3 is 0 Å². The van der Waals surface area contributed by atoms with Crippen molar-refractivity contribution in [2.24, 2.45) is 5.73 Å². The van der Waals surface area contributed by atoms with Crippen LogP contribution < -0.4 is 10.6 Å². The second-order valence-corrected chi connectivity index (χ2v) is 4.08. The van der Waals surface area contributed by atoms with Crippen molar-refractivity contribution in [3.8, 4) is 0 Å². The van der Waals surface area contributed by atoms with E-state index in [4.69, 9.17) is 11.1 Å². The van der Waals surface area contributed by atoms with Gasteiger partial charge in [0.1, 0.15) is 17.5 Å². The number of halogens is 2. The van der Waals surface area contributed by atoms with E-state index in [1.54, 1.807) is 30.1 Å². The average Bonchev–Trinajstić information content (AvgIpc) is 2.38. The summed E-state index contributed by atoms with van der Waals surface area (Å²) in [5, 5.41) is 7.46. The number of rotatable bonds is 3. The molecule has 0 aliphatic carbocycles. The molecule has 19 heavy (non-hydrogen) atoms. The van der Waals surface area contributed by atoms with Gasteiger partial charge in [-0.1, -0.05) is 6.07 Å². The van der Waals surface area contributed by atoms with E-state index in [2.05, 4.69) is 0 Å². The van der Waals surface area contributed by atoms with Crippen molar-refractivity contribution in [1.82, 2.24) is 0 Å². The van der Waals surface area contributed by atoms with Crippen LogP contribution in [0.3, 0.4) is 0 Å². The summed E-state index contributed by atoms with van der Waals surface area (Å²) in [6.45, 7) is 0. The van der Waals surface area contributed by atoms with Crippen LogP contribution in [0.1, 0.15) is 5.56 Å². The summed E-state index contributed by atoms with van der Waals surface area (Å²) >= 11 is 0. The Bertz CT molecular complexity index is 609. The number of nitrogen functional groups attached to an aromatic ring is 1. The Balaban J connectivity index is 2.49. The van der Waals surface area contributed by atoms with Crippen LogP contribution in [0.15, 0.2) is 42.5 Å². The largest absolute Gasteiger partial charge is 0.384 e. The lowest BCUT2D eigenvalue weighted by molar-refractivity contribution is 0.624. The summed E-state index contributed by atoms with van der Waals surface area (Å²) in [5.41, 5.74) is 6.58. The molecule has 0 saturated heterocycles. The predicted octanol–water partition coefficient (Wildman–Crippen LogP) is 3.02. The highest BCUT2D eigenvalue weighted by Gasteiger charge is 2.15. The molecule has 0 atom stereocenters. The fraction of sp³-hybridized carbons (Fsp3) is 0.0714. The molecule has 0 saturated carbocycles. The predicted molar refractivity (Wildman–Crippen MR) is 71.9 cm³/mol. The first-order chi connectivity index (χ1) is 9.00. The number of nitrogens with two attached hydrogens (primary N) is 1. The van der Waals surface area contributed by atoms with Crippen molar-refractivity contribution in [3.63, 3.8) is 0 Å². The number of hydrogen-bond donors (Lipinski definition) is 2. The van der Waals surface area contributed by atoms with E-state index in [9.17, 15) is 8.78 Å². The minimum absolute atomic E-state index is 0.0364. The highest BCUT2D eigenvalue weighted by Crippen LogP contribution is 2.28. The maximum absolute atomic E-state index is 13.7. The molecular weight excluding hydrogens is 248 g/mol. The molecule has 3 nitrogen and oxygen atoms in total. The molecule has 2 aromatic rings. The van der Waals surface area contributed by atoms with Gasteiger partial charge in [-0.2, -0.15) is 0 Å². The zero-order chi connectivity index (χ0) is 14.0. The van der Waals surface area contributed by atoms with E-state index in [-0.39, 0.29) is 17.2 Å². The summed E-state index contributed by atoms with van der Waals surface area (Å²) in [7, 11) is 1.70. The van der Waals surface area contributed by atoms with Gasteiger partial charge in [0.05, 0.1) is 11.3 Å². The minimum atomic E-state index is -0.557. The number of amidine groups is 1. The van der Waals surface area contributed by atoms with E-state index >= 15 is 0 Å². The third kappa shape index (κ3) is 2.54. The molecule has 0 unspecified atom stereocenters. The summed E-state index contributed by atoms with van der Waals surface area (Å²) in [6, 6.07) is 10.2. The molecule has 98 valence electrons. The average molecular weight is 261 g/mol. The van der Waals surface area contributed by atoms with Crippen LogP contribution in [0.5, 0.6) is 0 Å². The normalized spacial score (nSPS) is 10.3. The van der Waals surface area contributed by atoms with Crippen molar-refractivity contribution < 1.29 is 8.78 Å². The highest BCUT2D eigenvalue weighted by atomic mass is 19.1. The molecule has 0 aliphatic heterocycles. The number of nitrogens with zero attached hydrogens (tertiary/aromatic N) is 1. The third-order valence-electron chi connectivity index (χ3n) is 2.84. The number of benzene rings is 2. The van der Waals surface area contributed by atoms with E-state index in [0.29, 0.717) is 11.4 Å². The maximum Gasteiger partial charge on any atom is 0.136 e. The van der Waals surface area contributed by atoms with Crippen molar-refractivity contribution in [3.05, 3.63) is 59.7 Å². The molecule has 2 rings (SSSR count). The van der Waals surface area contributed by atoms with Gasteiger partial charge < -0.3 is 10.6 Å². The number of anilines is 2. The van der Waals surface area contributed by atoms with Gasteiger partial charge in [-0.15, -0.1) is 0 Å². The molecule has 0 aromatic heterocycles. The van der Waals surface area contributed by atoms with Crippen LogP contribution in [-0.2, 0) is 0 Å². The van der Waals surface area contributed by atoms with E-state index in [1.807, 2.05) is 0 Å². The molecule has 3 N–H and O–H groups in total. The Labute approximate surface area is 109 Å². The SMILES string of the molecule is CN(c1ccc(F)cc1)c1cccc(F)c1C(=N)N. The van der Waals surface area contributed by atoms with Gasteiger partial charge in [0.15, 0.2) is 0 Å². The summed E-state index contributed by atoms with van der Waals surface area (Å²) < 4.78 is 26.6. The summed E-state index contributed by atoms with van der Waals surface area (Å²) in [4.78, 5) is 1.65. The lowest BCUT2D eigenvalue weighted by Gasteiger charge is -2.22. The Morgan fingerprint density at radius 3 is 2.32 bits per heavy atom. The molecule has 0 heterocycles.